The Bertz CT molecular complexity index is 152. The number of hydrogen-bond acceptors (Lipinski definition) is 1. The minimum absolute atomic E-state index is 0.527. The monoisotopic (exact) mass is 183 g/mol. The molecule has 0 N–H and O–H groups in total. The number of rotatable bonds is 2. The zero-order valence-electron chi connectivity index (χ0n) is 10.1. The first kappa shape index (κ1) is 11.0. The molecular formula is C12H25N. The molecule has 0 aromatic heterocycles. The molecule has 1 unspecified atom stereocenters. The summed E-state index contributed by atoms with van der Waals surface area (Å²) in [5.41, 5.74) is 0.527. The SMILES string of the molecule is CC(C)C1CC(C)(C)CN1C(C)C. The zero-order chi connectivity index (χ0) is 10.2. The molecule has 1 heteroatoms. The highest BCUT2D eigenvalue weighted by Crippen LogP contribution is 2.37. The Balaban J connectivity index is 2.71. The molecule has 78 valence electrons. The van der Waals surface area contributed by atoms with Crippen molar-refractivity contribution in [2.75, 3.05) is 6.54 Å². The molecule has 0 amide bonds. The minimum atomic E-state index is 0.527. The summed E-state index contributed by atoms with van der Waals surface area (Å²) >= 11 is 0. The second-order valence-electron chi connectivity index (χ2n) is 5.95. The van der Waals surface area contributed by atoms with Crippen LogP contribution in [0, 0.1) is 11.3 Å². The molecule has 0 radical (unpaired) electrons. The maximum atomic E-state index is 2.67. The molecule has 1 atom stereocenters. The van der Waals surface area contributed by atoms with Gasteiger partial charge in [0.05, 0.1) is 0 Å². The van der Waals surface area contributed by atoms with Crippen LogP contribution in [-0.2, 0) is 0 Å². The van der Waals surface area contributed by atoms with Gasteiger partial charge in [-0.05, 0) is 31.6 Å². The summed E-state index contributed by atoms with van der Waals surface area (Å²) in [6.07, 6.45) is 1.36. The first-order chi connectivity index (χ1) is 5.83. The van der Waals surface area contributed by atoms with E-state index in [0.717, 1.165) is 12.0 Å². The molecule has 0 bridgehead atoms. The van der Waals surface area contributed by atoms with E-state index in [9.17, 15) is 0 Å². The van der Waals surface area contributed by atoms with Crippen LogP contribution in [0.2, 0.25) is 0 Å². The van der Waals surface area contributed by atoms with Crippen molar-refractivity contribution in [3.63, 3.8) is 0 Å². The van der Waals surface area contributed by atoms with Crippen LogP contribution >= 0.6 is 0 Å². The quantitative estimate of drug-likeness (QED) is 0.635. The Labute approximate surface area is 83.5 Å². The molecule has 0 spiro atoms. The topological polar surface area (TPSA) is 3.24 Å². The van der Waals surface area contributed by atoms with Crippen molar-refractivity contribution in [3.8, 4) is 0 Å². The van der Waals surface area contributed by atoms with Crippen LogP contribution in [0.4, 0.5) is 0 Å². The Morgan fingerprint density at radius 2 is 1.69 bits per heavy atom. The molecule has 0 saturated carbocycles. The van der Waals surface area contributed by atoms with Gasteiger partial charge in [-0.25, -0.2) is 0 Å². The summed E-state index contributed by atoms with van der Waals surface area (Å²) in [5, 5.41) is 0. The lowest BCUT2D eigenvalue weighted by atomic mass is 9.87. The summed E-state index contributed by atoms with van der Waals surface area (Å²) in [5.74, 6) is 0.796. The third-order valence-corrected chi connectivity index (χ3v) is 3.23. The van der Waals surface area contributed by atoms with E-state index >= 15 is 0 Å². The standard InChI is InChI=1S/C12H25N/c1-9(2)11-7-12(5,6)8-13(11)10(3)4/h9-11H,7-8H2,1-6H3. The molecule has 1 fully saturated rings. The molecule has 1 nitrogen and oxygen atoms in total. The minimum Gasteiger partial charge on any atom is -0.297 e. The summed E-state index contributed by atoms with van der Waals surface area (Å²) in [6, 6.07) is 1.50. The van der Waals surface area contributed by atoms with E-state index in [1.54, 1.807) is 0 Å². The zero-order valence-corrected chi connectivity index (χ0v) is 10.1. The van der Waals surface area contributed by atoms with E-state index in [2.05, 4.69) is 46.4 Å². The molecule has 0 aliphatic carbocycles. The highest BCUT2D eigenvalue weighted by atomic mass is 15.2. The van der Waals surface area contributed by atoms with Crippen LogP contribution in [0.5, 0.6) is 0 Å². The molecule has 1 heterocycles. The fourth-order valence-electron chi connectivity index (χ4n) is 2.54. The molecule has 1 saturated heterocycles. The van der Waals surface area contributed by atoms with E-state index in [1.807, 2.05) is 0 Å². The Hall–Kier alpha value is -0.0400. The van der Waals surface area contributed by atoms with Gasteiger partial charge in [0.2, 0.25) is 0 Å². The number of nitrogens with zero attached hydrogens (tertiary/aromatic N) is 1. The van der Waals surface area contributed by atoms with Gasteiger partial charge in [0.25, 0.3) is 0 Å². The summed E-state index contributed by atoms with van der Waals surface area (Å²) in [7, 11) is 0. The Morgan fingerprint density at radius 1 is 1.15 bits per heavy atom. The second kappa shape index (κ2) is 3.61. The molecular weight excluding hydrogens is 158 g/mol. The van der Waals surface area contributed by atoms with Crippen LogP contribution in [0.3, 0.4) is 0 Å². The average Bonchev–Trinajstić information content (AvgIpc) is 2.26. The van der Waals surface area contributed by atoms with Crippen molar-refractivity contribution < 1.29 is 0 Å². The van der Waals surface area contributed by atoms with Crippen LogP contribution < -0.4 is 0 Å². The van der Waals surface area contributed by atoms with Gasteiger partial charge in [0.15, 0.2) is 0 Å². The maximum Gasteiger partial charge on any atom is 0.0127 e. The van der Waals surface area contributed by atoms with Crippen molar-refractivity contribution >= 4 is 0 Å². The Kier molecular flexibility index (Phi) is 3.06. The molecule has 1 aliphatic rings. The predicted molar refractivity (Wildman–Crippen MR) is 58.9 cm³/mol. The lowest BCUT2D eigenvalue weighted by molar-refractivity contribution is 0.161. The lowest BCUT2D eigenvalue weighted by Crippen LogP contribution is -2.38. The van der Waals surface area contributed by atoms with Crippen LogP contribution in [0.25, 0.3) is 0 Å². The Morgan fingerprint density at radius 3 is 2.00 bits per heavy atom. The molecule has 0 aromatic carbocycles. The largest absolute Gasteiger partial charge is 0.297 e. The summed E-state index contributed by atoms with van der Waals surface area (Å²) in [6.45, 7) is 15.4. The smallest absolute Gasteiger partial charge is 0.0127 e. The summed E-state index contributed by atoms with van der Waals surface area (Å²) in [4.78, 5) is 2.67. The normalized spacial score (nSPS) is 29.1. The second-order valence-corrected chi connectivity index (χ2v) is 5.95. The van der Waals surface area contributed by atoms with Gasteiger partial charge in [-0.3, -0.25) is 4.90 Å². The van der Waals surface area contributed by atoms with Crippen LogP contribution in [0.15, 0.2) is 0 Å². The van der Waals surface area contributed by atoms with Crippen LogP contribution in [-0.4, -0.2) is 23.5 Å². The van der Waals surface area contributed by atoms with Gasteiger partial charge in [0.1, 0.15) is 0 Å². The first-order valence-corrected chi connectivity index (χ1v) is 5.59. The van der Waals surface area contributed by atoms with E-state index in [0.29, 0.717) is 11.5 Å². The first-order valence-electron chi connectivity index (χ1n) is 5.59. The lowest BCUT2D eigenvalue weighted by Gasteiger charge is -2.30. The average molecular weight is 183 g/mol. The van der Waals surface area contributed by atoms with Gasteiger partial charge >= 0.3 is 0 Å². The van der Waals surface area contributed by atoms with Gasteiger partial charge in [-0.15, -0.1) is 0 Å². The van der Waals surface area contributed by atoms with E-state index in [1.165, 1.54) is 13.0 Å². The number of hydrogen-bond donors (Lipinski definition) is 0. The van der Waals surface area contributed by atoms with Gasteiger partial charge in [-0.1, -0.05) is 27.7 Å². The van der Waals surface area contributed by atoms with E-state index < -0.39 is 0 Å². The van der Waals surface area contributed by atoms with E-state index in [-0.39, 0.29) is 0 Å². The predicted octanol–water partition coefficient (Wildman–Crippen LogP) is 3.15. The molecule has 13 heavy (non-hydrogen) atoms. The third-order valence-electron chi connectivity index (χ3n) is 3.23. The van der Waals surface area contributed by atoms with Gasteiger partial charge in [-0.2, -0.15) is 0 Å². The fraction of sp³-hybridized carbons (Fsp3) is 1.00. The van der Waals surface area contributed by atoms with Gasteiger partial charge in [0, 0.05) is 18.6 Å². The number of likely N-dealkylation sites (tertiary alicyclic amines) is 1. The van der Waals surface area contributed by atoms with Crippen molar-refractivity contribution in [2.45, 2.75) is 60.0 Å². The van der Waals surface area contributed by atoms with Crippen molar-refractivity contribution in [1.29, 1.82) is 0 Å². The summed E-state index contributed by atoms with van der Waals surface area (Å²) < 4.78 is 0. The molecule has 1 aliphatic heterocycles. The fourth-order valence-corrected chi connectivity index (χ4v) is 2.54. The van der Waals surface area contributed by atoms with Crippen molar-refractivity contribution in [2.24, 2.45) is 11.3 Å². The van der Waals surface area contributed by atoms with Gasteiger partial charge < -0.3 is 0 Å². The van der Waals surface area contributed by atoms with Crippen molar-refractivity contribution in [1.82, 2.24) is 4.90 Å². The molecule has 1 rings (SSSR count). The third kappa shape index (κ3) is 2.46. The molecule has 0 aromatic rings. The van der Waals surface area contributed by atoms with Crippen LogP contribution in [0.1, 0.15) is 48.0 Å². The maximum absolute atomic E-state index is 2.67. The van der Waals surface area contributed by atoms with Crippen molar-refractivity contribution in [3.05, 3.63) is 0 Å². The van der Waals surface area contributed by atoms with E-state index in [4.69, 9.17) is 0 Å². The highest BCUT2D eigenvalue weighted by molar-refractivity contribution is 4.93. The highest BCUT2D eigenvalue weighted by Gasteiger charge is 2.39.